The molecule has 0 bridgehead atoms. The van der Waals surface area contributed by atoms with Gasteiger partial charge in [-0.15, -0.1) is 0 Å². The highest BCUT2D eigenvalue weighted by Crippen LogP contribution is 2.18. The Balaban J connectivity index is 1.74. The van der Waals surface area contributed by atoms with Crippen LogP contribution in [0.15, 0.2) is 72.8 Å². The van der Waals surface area contributed by atoms with Crippen LogP contribution in [-0.2, 0) is 17.9 Å². The van der Waals surface area contributed by atoms with Gasteiger partial charge in [-0.2, -0.15) is 0 Å². The minimum Gasteiger partial charge on any atom is -0.489 e. The summed E-state index contributed by atoms with van der Waals surface area (Å²) in [5.41, 5.74) is 2.91. The van der Waals surface area contributed by atoms with E-state index in [4.69, 9.17) is 4.74 Å². The van der Waals surface area contributed by atoms with E-state index in [-0.39, 0.29) is 19.0 Å². The van der Waals surface area contributed by atoms with Gasteiger partial charge in [-0.3, -0.25) is 9.59 Å². The number of ether oxygens (including phenoxy) is 1. The maximum atomic E-state index is 13.3. The van der Waals surface area contributed by atoms with E-state index in [1.54, 1.807) is 36.4 Å². The molecular formula is C24H22FNO4. The van der Waals surface area contributed by atoms with Crippen LogP contribution in [0.5, 0.6) is 5.75 Å². The number of nitrogens with zero attached hydrogens (tertiary/aromatic N) is 1. The van der Waals surface area contributed by atoms with Gasteiger partial charge in [-0.05, 0) is 48.4 Å². The normalized spacial score (nSPS) is 10.5. The van der Waals surface area contributed by atoms with Crippen LogP contribution >= 0.6 is 0 Å². The summed E-state index contributed by atoms with van der Waals surface area (Å²) in [5, 5.41) is 9.24. The van der Waals surface area contributed by atoms with Crippen molar-refractivity contribution in [3.63, 3.8) is 0 Å². The maximum absolute atomic E-state index is 13.3. The predicted octanol–water partition coefficient (Wildman–Crippen LogP) is 4.44. The zero-order chi connectivity index (χ0) is 21.5. The molecule has 0 fully saturated rings. The second kappa shape index (κ2) is 9.69. The van der Waals surface area contributed by atoms with Crippen molar-refractivity contribution in [3.8, 4) is 5.75 Å². The van der Waals surface area contributed by atoms with Gasteiger partial charge in [0.15, 0.2) is 0 Å². The number of rotatable bonds is 8. The molecule has 0 aliphatic carbocycles. The lowest BCUT2D eigenvalue weighted by molar-refractivity contribution is -0.137. The number of hydrogen-bond donors (Lipinski definition) is 1. The molecular weight excluding hydrogens is 385 g/mol. The van der Waals surface area contributed by atoms with Gasteiger partial charge in [0.05, 0.1) is 0 Å². The first-order valence-electron chi connectivity index (χ1n) is 9.44. The number of carboxylic acids is 1. The van der Waals surface area contributed by atoms with Gasteiger partial charge in [0.1, 0.15) is 24.7 Å². The fraction of sp³-hybridized carbons (Fsp3) is 0.167. The lowest BCUT2D eigenvalue weighted by atomic mass is 10.1. The standard InChI is InChI=1S/C24H22FNO4/c1-17-8-10-18(11-9-17)14-26(15-23(27)28)24(29)20-5-3-7-22(13-20)30-16-19-4-2-6-21(25)12-19/h2-13H,14-16H2,1H3,(H,27,28). The van der Waals surface area contributed by atoms with Crippen molar-refractivity contribution in [1.82, 2.24) is 4.90 Å². The van der Waals surface area contributed by atoms with Crippen LogP contribution < -0.4 is 4.74 Å². The summed E-state index contributed by atoms with van der Waals surface area (Å²) < 4.78 is 19.0. The summed E-state index contributed by atoms with van der Waals surface area (Å²) in [6.07, 6.45) is 0. The Morgan fingerprint density at radius 3 is 2.40 bits per heavy atom. The van der Waals surface area contributed by atoms with Crippen molar-refractivity contribution in [2.45, 2.75) is 20.1 Å². The van der Waals surface area contributed by atoms with Crippen LogP contribution in [0.4, 0.5) is 4.39 Å². The second-order valence-electron chi connectivity index (χ2n) is 6.99. The Hall–Kier alpha value is -3.67. The van der Waals surface area contributed by atoms with E-state index in [0.29, 0.717) is 16.9 Å². The Morgan fingerprint density at radius 1 is 0.967 bits per heavy atom. The molecule has 6 heteroatoms. The molecule has 0 aliphatic rings. The van der Waals surface area contributed by atoms with Gasteiger partial charge >= 0.3 is 5.97 Å². The van der Waals surface area contributed by atoms with Crippen LogP contribution in [-0.4, -0.2) is 28.4 Å². The molecule has 1 N–H and O–H groups in total. The minimum atomic E-state index is -1.09. The van der Waals surface area contributed by atoms with Crippen molar-refractivity contribution >= 4 is 11.9 Å². The Labute approximate surface area is 174 Å². The average molecular weight is 407 g/mol. The highest BCUT2D eigenvalue weighted by Gasteiger charge is 2.19. The molecule has 0 atom stereocenters. The van der Waals surface area contributed by atoms with E-state index in [2.05, 4.69) is 0 Å². The van der Waals surface area contributed by atoms with E-state index in [1.165, 1.54) is 17.0 Å². The van der Waals surface area contributed by atoms with Crippen LogP contribution in [0.2, 0.25) is 0 Å². The van der Waals surface area contributed by atoms with E-state index in [9.17, 15) is 19.1 Å². The predicted molar refractivity (Wildman–Crippen MR) is 111 cm³/mol. The van der Waals surface area contributed by atoms with Crippen LogP contribution in [0.25, 0.3) is 0 Å². The third-order valence-corrected chi connectivity index (χ3v) is 4.48. The number of aliphatic carboxylic acids is 1. The smallest absolute Gasteiger partial charge is 0.323 e. The first-order chi connectivity index (χ1) is 14.4. The van der Waals surface area contributed by atoms with E-state index in [0.717, 1.165) is 11.1 Å². The van der Waals surface area contributed by atoms with Gasteiger partial charge in [-0.1, -0.05) is 48.0 Å². The molecule has 0 saturated heterocycles. The lowest BCUT2D eigenvalue weighted by Crippen LogP contribution is -2.35. The first kappa shape index (κ1) is 21.0. The number of aryl methyl sites for hydroxylation is 1. The summed E-state index contributed by atoms with van der Waals surface area (Å²) in [6, 6.07) is 20.2. The number of amides is 1. The largest absolute Gasteiger partial charge is 0.489 e. The van der Waals surface area contributed by atoms with Gasteiger partial charge < -0.3 is 14.7 Å². The summed E-state index contributed by atoms with van der Waals surface area (Å²) in [5.74, 6) is -1.40. The summed E-state index contributed by atoms with van der Waals surface area (Å²) in [4.78, 5) is 25.6. The monoisotopic (exact) mass is 407 g/mol. The van der Waals surface area contributed by atoms with Crippen molar-refractivity contribution in [3.05, 3.63) is 101 Å². The van der Waals surface area contributed by atoms with Crippen LogP contribution in [0.1, 0.15) is 27.0 Å². The van der Waals surface area contributed by atoms with Crippen molar-refractivity contribution < 1.29 is 23.8 Å². The number of carbonyl (C=O) groups excluding carboxylic acids is 1. The molecule has 3 aromatic rings. The number of halogens is 1. The quantitative estimate of drug-likeness (QED) is 0.600. The zero-order valence-corrected chi connectivity index (χ0v) is 16.5. The molecule has 0 spiro atoms. The summed E-state index contributed by atoms with van der Waals surface area (Å²) in [6.45, 7) is 1.87. The number of benzene rings is 3. The topological polar surface area (TPSA) is 66.8 Å². The highest BCUT2D eigenvalue weighted by atomic mass is 19.1. The highest BCUT2D eigenvalue weighted by molar-refractivity contribution is 5.96. The van der Waals surface area contributed by atoms with Crippen LogP contribution in [0, 0.1) is 12.7 Å². The third kappa shape index (κ3) is 5.91. The number of carboxylic acid groups (broad SMARTS) is 1. The molecule has 0 radical (unpaired) electrons. The van der Waals surface area contributed by atoms with Crippen molar-refractivity contribution in [2.24, 2.45) is 0 Å². The van der Waals surface area contributed by atoms with Crippen molar-refractivity contribution in [1.29, 1.82) is 0 Å². The molecule has 1 amide bonds. The van der Waals surface area contributed by atoms with Gasteiger partial charge in [-0.25, -0.2) is 4.39 Å². The van der Waals surface area contributed by atoms with E-state index >= 15 is 0 Å². The zero-order valence-electron chi connectivity index (χ0n) is 16.5. The molecule has 0 heterocycles. The molecule has 30 heavy (non-hydrogen) atoms. The Kier molecular flexibility index (Phi) is 6.80. The maximum Gasteiger partial charge on any atom is 0.323 e. The Morgan fingerprint density at radius 2 is 1.70 bits per heavy atom. The first-order valence-corrected chi connectivity index (χ1v) is 9.44. The fourth-order valence-electron chi connectivity index (χ4n) is 2.97. The van der Waals surface area contributed by atoms with Gasteiger partial charge in [0, 0.05) is 12.1 Å². The van der Waals surface area contributed by atoms with Crippen molar-refractivity contribution in [2.75, 3.05) is 6.54 Å². The van der Waals surface area contributed by atoms with Gasteiger partial charge in [0.25, 0.3) is 5.91 Å². The number of carbonyl (C=O) groups is 2. The molecule has 5 nitrogen and oxygen atoms in total. The fourth-order valence-corrected chi connectivity index (χ4v) is 2.97. The molecule has 0 unspecified atom stereocenters. The molecule has 3 aromatic carbocycles. The lowest BCUT2D eigenvalue weighted by Gasteiger charge is -2.21. The average Bonchev–Trinajstić information content (AvgIpc) is 2.73. The molecule has 0 aliphatic heterocycles. The molecule has 154 valence electrons. The summed E-state index contributed by atoms with van der Waals surface area (Å²) >= 11 is 0. The number of hydrogen-bond acceptors (Lipinski definition) is 3. The van der Waals surface area contributed by atoms with Crippen LogP contribution in [0.3, 0.4) is 0 Å². The molecule has 3 rings (SSSR count). The minimum absolute atomic E-state index is 0.150. The third-order valence-electron chi connectivity index (χ3n) is 4.48. The van der Waals surface area contributed by atoms with Gasteiger partial charge in [0.2, 0.25) is 0 Å². The molecule has 0 aromatic heterocycles. The molecule has 0 saturated carbocycles. The Bertz CT molecular complexity index is 1030. The SMILES string of the molecule is Cc1ccc(CN(CC(=O)O)C(=O)c2cccc(OCc3cccc(F)c3)c2)cc1. The van der Waals surface area contributed by atoms with E-state index in [1.807, 2.05) is 31.2 Å². The summed E-state index contributed by atoms with van der Waals surface area (Å²) in [7, 11) is 0. The second-order valence-corrected chi connectivity index (χ2v) is 6.99. The van der Waals surface area contributed by atoms with E-state index < -0.39 is 18.4 Å².